The molecule has 4 heteroatoms. The van der Waals surface area contributed by atoms with Crippen molar-refractivity contribution in [3.63, 3.8) is 0 Å². The van der Waals surface area contributed by atoms with E-state index in [-0.39, 0.29) is 11.3 Å². The summed E-state index contributed by atoms with van der Waals surface area (Å²) in [6.45, 7) is 0. The minimum atomic E-state index is -0.611. The first-order chi connectivity index (χ1) is 7.19. The van der Waals surface area contributed by atoms with Crippen molar-refractivity contribution in [1.29, 1.82) is 5.26 Å². The van der Waals surface area contributed by atoms with Crippen molar-refractivity contribution in [2.45, 2.75) is 0 Å². The second-order valence-corrected chi connectivity index (χ2v) is 2.73. The summed E-state index contributed by atoms with van der Waals surface area (Å²) in [5.41, 5.74) is 0.729. The lowest BCUT2D eigenvalue weighted by atomic mass is 10.1. The molecule has 1 rings (SSSR count). The van der Waals surface area contributed by atoms with Crippen molar-refractivity contribution in [2.75, 3.05) is 7.11 Å². The quantitative estimate of drug-likeness (QED) is 0.586. The summed E-state index contributed by atoms with van der Waals surface area (Å²) in [6.07, 6.45) is 2.82. The number of hydrogen-bond donors (Lipinski definition) is 1. The van der Waals surface area contributed by atoms with Gasteiger partial charge in [0, 0.05) is 6.08 Å². The van der Waals surface area contributed by atoms with E-state index in [9.17, 15) is 9.90 Å². The maximum atomic E-state index is 11.2. The molecule has 0 saturated heterocycles. The van der Waals surface area contributed by atoms with Crippen LogP contribution in [0.3, 0.4) is 0 Å². The number of carbonyl (C=O) groups is 1. The molecule has 76 valence electrons. The van der Waals surface area contributed by atoms with Gasteiger partial charge in [-0.15, -0.1) is 0 Å². The van der Waals surface area contributed by atoms with E-state index >= 15 is 0 Å². The van der Waals surface area contributed by atoms with E-state index < -0.39 is 5.97 Å². The Morgan fingerprint density at radius 2 is 2.33 bits per heavy atom. The van der Waals surface area contributed by atoms with Crippen molar-refractivity contribution in [3.8, 4) is 11.8 Å². The van der Waals surface area contributed by atoms with Crippen LogP contribution in [-0.2, 0) is 4.74 Å². The highest BCUT2D eigenvalue weighted by Crippen LogP contribution is 2.19. The molecule has 0 aliphatic rings. The van der Waals surface area contributed by atoms with Crippen LogP contribution >= 0.6 is 0 Å². The first kappa shape index (κ1) is 10.8. The van der Waals surface area contributed by atoms with Crippen molar-refractivity contribution in [3.05, 3.63) is 35.4 Å². The van der Waals surface area contributed by atoms with Crippen LogP contribution in [0.5, 0.6) is 5.75 Å². The van der Waals surface area contributed by atoms with Gasteiger partial charge in [-0.05, 0) is 23.8 Å². The van der Waals surface area contributed by atoms with Gasteiger partial charge in [0.1, 0.15) is 11.3 Å². The van der Waals surface area contributed by atoms with Gasteiger partial charge in [-0.1, -0.05) is 6.07 Å². The molecule has 0 bridgehead atoms. The molecule has 1 N–H and O–H groups in total. The summed E-state index contributed by atoms with van der Waals surface area (Å²) in [7, 11) is 1.24. The molecule has 15 heavy (non-hydrogen) atoms. The maximum absolute atomic E-state index is 11.2. The molecule has 0 aliphatic heterocycles. The van der Waals surface area contributed by atoms with Crippen molar-refractivity contribution >= 4 is 12.0 Å². The van der Waals surface area contributed by atoms with E-state index in [1.807, 2.05) is 6.07 Å². The van der Waals surface area contributed by atoms with Gasteiger partial charge in [-0.2, -0.15) is 5.26 Å². The second kappa shape index (κ2) is 4.82. The van der Waals surface area contributed by atoms with Gasteiger partial charge in [0.15, 0.2) is 0 Å². The van der Waals surface area contributed by atoms with Crippen LogP contribution in [0, 0.1) is 11.3 Å². The molecule has 0 amide bonds. The summed E-state index contributed by atoms with van der Waals surface area (Å²) in [6, 6.07) is 6.26. The number of ether oxygens (including phenoxy) is 1. The lowest BCUT2D eigenvalue weighted by molar-refractivity contribution is 0.0597. The predicted octanol–water partition coefficient (Wildman–Crippen LogP) is 1.72. The third-order valence-corrected chi connectivity index (χ3v) is 1.78. The zero-order valence-corrected chi connectivity index (χ0v) is 8.10. The molecule has 0 aromatic heterocycles. The monoisotopic (exact) mass is 203 g/mol. The zero-order valence-electron chi connectivity index (χ0n) is 8.10. The van der Waals surface area contributed by atoms with Crippen LogP contribution in [0.1, 0.15) is 15.9 Å². The Bertz CT molecular complexity index is 444. The Balaban J connectivity index is 3.12. The summed E-state index contributed by atoms with van der Waals surface area (Å²) in [4.78, 5) is 11.2. The fourth-order valence-corrected chi connectivity index (χ4v) is 1.06. The fourth-order valence-electron chi connectivity index (χ4n) is 1.06. The predicted molar refractivity (Wildman–Crippen MR) is 54.1 cm³/mol. The van der Waals surface area contributed by atoms with Gasteiger partial charge in [-0.25, -0.2) is 4.79 Å². The molecule has 0 fully saturated rings. The molecule has 0 atom stereocenters. The minimum Gasteiger partial charge on any atom is -0.507 e. The highest BCUT2D eigenvalue weighted by Gasteiger charge is 2.10. The Hall–Kier alpha value is -2.28. The Morgan fingerprint density at radius 3 is 2.93 bits per heavy atom. The van der Waals surface area contributed by atoms with Gasteiger partial charge < -0.3 is 9.84 Å². The van der Waals surface area contributed by atoms with E-state index in [0.717, 1.165) is 0 Å². The standard InChI is InChI=1S/C11H9NO3/c1-15-11(14)9-7-8(3-2-6-12)4-5-10(9)13/h2-5,7,13H,1H3. The third kappa shape index (κ3) is 2.58. The summed E-state index contributed by atoms with van der Waals surface area (Å²) in [5, 5.41) is 17.7. The number of benzene rings is 1. The third-order valence-electron chi connectivity index (χ3n) is 1.78. The van der Waals surface area contributed by atoms with E-state index in [2.05, 4.69) is 4.74 Å². The number of esters is 1. The number of nitriles is 1. The van der Waals surface area contributed by atoms with E-state index in [1.54, 1.807) is 6.07 Å². The smallest absolute Gasteiger partial charge is 0.341 e. The number of phenolic OH excluding ortho intramolecular Hbond substituents is 1. The van der Waals surface area contributed by atoms with Crippen LogP contribution in [0.2, 0.25) is 0 Å². The molecule has 0 heterocycles. The molecular formula is C11H9NO3. The molecule has 0 saturated carbocycles. The lowest BCUT2D eigenvalue weighted by Crippen LogP contribution is -2.01. The van der Waals surface area contributed by atoms with Crippen LogP contribution in [0.15, 0.2) is 24.3 Å². The maximum Gasteiger partial charge on any atom is 0.341 e. The first-order valence-corrected chi connectivity index (χ1v) is 4.16. The average Bonchev–Trinajstić information content (AvgIpc) is 2.27. The summed E-state index contributed by atoms with van der Waals surface area (Å²) < 4.78 is 4.49. The topological polar surface area (TPSA) is 70.3 Å². The van der Waals surface area contributed by atoms with Crippen molar-refractivity contribution in [1.82, 2.24) is 0 Å². The van der Waals surface area contributed by atoms with Crippen LogP contribution in [0.25, 0.3) is 6.08 Å². The molecule has 1 aromatic carbocycles. The van der Waals surface area contributed by atoms with E-state index in [4.69, 9.17) is 5.26 Å². The molecular weight excluding hydrogens is 194 g/mol. The SMILES string of the molecule is COC(=O)c1cc(C=CC#N)ccc1O. The number of nitrogens with zero attached hydrogens (tertiary/aromatic N) is 1. The van der Waals surface area contributed by atoms with Crippen molar-refractivity contribution < 1.29 is 14.6 Å². The van der Waals surface area contributed by atoms with Crippen LogP contribution in [0.4, 0.5) is 0 Å². The summed E-state index contributed by atoms with van der Waals surface area (Å²) >= 11 is 0. The number of methoxy groups -OCH3 is 1. The van der Waals surface area contributed by atoms with Gasteiger partial charge in [-0.3, -0.25) is 0 Å². The summed E-state index contributed by atoms with van der Waals surface area (Å²) in [5.74, 6) is -0.754. The van der Waals surface area contributed by atoms with Gasteiger partial charge in [0.2, 0.25) is 0 Å². The van der Waals surface area contributed by atoms with E-state index in [0.29, 0.717) is 5.56 Å². The van der Waals surface area contributed by atoms with Crippen LogP contribution < -0.4 is 0 Å². The number of rotatable bonds is 2. The highest BCUT2D eigenvalue weighted by atomic mass is 16.5. The average molecular weight is 203 g/mol. The Morgan fingerprint density at radius 1 is 1.60 bits per heavy atom. The molecule has 1 aromatic rings. The first-order valence-electron chi connectivity index (χ1n) is 4.16. The lowest BCUT2D eigenvalue weighted by Gasteiger charge is -2.03. The molecule has 0 aliphatic carbocycles. The number of carbonyl (C=O) groups excluding carboxylic acids is 1. The van der Waals surface area contributed by atoms with Gasteiger partial charge >= 0.3 is 5.97 Å². The number of aromatic hydroxyl groups is 1. The largest absolute Gasteiger partial charge is 0.507 e. The second-order valence-electron chi connectivity index (χ2n) is 2.73. The van der Waals surface area contributed by atoms with Gasteiger partial charge in [0.05, 0.1) is 13.2 Å². The van der Waals surface area contributed by atoms with Gasteiger partial charge in [0.25, 0.3) is 0 Å². The molecule has 0 radical (unpaired) electrons. The Kier molecular flexibility index (Phi) is 3.47. The minimum absolute atomic E-state index is 0.0811. The molecule has 4 nitrogen and oxygen atoms in total. The number of phenols is 1. The zero-order chi connectivity index (χ0) is 11.3. The number of hydrogen-bond acceptors (Lipinski definition) is 4. The molecule has 0 unspecified atom stereocenters. The van der Waals surface area contributed by atoms with Crippen LogP contribution in [-0.4, -0.2) is 18.2 Å². The normalized spacial score (nSPS) is 9.87. The highest BCUT2D eigenvalue weighted by molar-refractivity contribution is 5.93. The fraction of sp³-hybridized carbons (Fsp3) is 0.0909. The number of allylic oxidation sites excluding steroid dienone is 1. The Labute approximate surface area is 87.0 Å². The van der Waals surface area contributed by atoms with E-state index in [1.165, 1.54) is 31.4 Å². The molecule has 0 spiro atoms. The van der Waals surface area contributed by atoms with Crippen molar-refractivity contribution in [2.24, 2.45) is 0 Å².